The van der Waals surface area contributed by atoms with Crippen LogP contribution in [0.1, 0.15) is 39.0 Å². The van der Waals surface area contributed by atoms with Gasteiger partial charge in [0.15, 0.2) is 0 Å². The molecule has 0 spiro atoms. The van der Waals surface area contributed by atoms with Crippen molar-refractivity contribution in [3.63, 3.8) is 0 Å². The van der Waals surface area contributed by atoms with Crippen molar-refractivity contribution in [2.45, 2.75) is 39.0 Å². The fourth-order valence-electron chi connectivity index (χ4n) is 0.869. The highest BCUT2D eigenvalue weighted by Gasteiger charge is 1.96. The van der Waals surface area contributed by atoms with Crippen LogP contribution in [0.25, 0.3) is 0 Å². The molecule has 0 bridgehead atoms. The molecular formula is C10H18O2. The number of ether oxygens (including phenoxy) is 1. The van der Waals surface area contributed by atoms with Gasteiger partial charge in [0.2, 0.25) is 0 Å². The van der Waals surface area contributed by atoms with Crippen LogP contribution in [0.15, 0.2) is 12.2 Å². The Morgan fingerprint density at radius 2 is 2.00 bits per heavy atom. The molecule has 0 rings (SSSR count). The molecule has 0 aromatic rings. The zero-order valence-corrected chi connectivity index (χ0v) is 8.01. The number of methoxy groups -OCH3 is 1. The number of allylic oxidation sites excluding steroid dienone is 2. The lowest BCUT2D eigenvalue weighted by molar-refractivity contribution is -0.140. The summed E-state index contributed by atoms with van der Waals surface area (Å²) in [5.74, 6) is -0.112. The number of hydrogen-bond acceptors (Lipinski definition) is 2. The van der Waals surface area contributed by atoms with Crippen molar-refractivity contribution >= 4 is 5.97 Å². The van der Waals surface area contributed by atoms with Crippen molar-refractivity contribution in [2.75, 3.05) is 7.11 Å². The zero-order valence-electron chi connectivity index (χ0n) is 8.01. The minimum Gasteiger partial charge on any atom is -0.469 e. The molecule has 70 valence electrons. The minimum atomic E-state index is -0.112. The normalized spacial score (nSPS) is 10.5. The van der Waals surface area contributed by atoms with Crippen LogP contribution in [0.2, 0.25) is 0 Å². The average Bonchev–Trinajstić information content (AvgIpc) is 2.10. The predicted octanol–water partition coefficient (Wildman–Crippen LogP) is 2.69. The van der Waals surface area contributed by atoms with Crippen LogP contribution in [0, 0.1) is 0 Å². The Morgan fingerprint density at radius 3 is 2.58 bits per heavy atom. The summed E-state index contributed by atoms with van der Waals surface area (Å²) < 4.78 is 4.51. The van der Waals surface area contributed by atoms with Gasteiger partial charge in [-0.05, 0) is 19.3 Å². The van der Waals surface area contributed by atoms with Gasteiger partial charge in [-0.15, -0.1) is 0 Å². The quantitative estimate of drug-likeness (QED) is 0.348. The van der Waals surface area contributed by atoms with E-state index in [4.69, 9.17) is 0 Å². The Balaban J connectivity index is 3.15. The molecule has 12 heavy (non-hydrogen) atoms. The van der Waals surface area contributed by atoms with Crippen LogP contribution in [-0.2, 0) is 9.53 Å². The van der Waals surface area contributed by atoms with Crippen LogP contribution < -0.4 is 0 Å². The fourth-order valence-corrected chi connectivity index (χ4v) is 0.869. The molecule has 0 amide bonds. The van der Waals surface area contributed by atoms with E-state index >= 15 is 0 Å². The van der Waals surface area contributed by atoms with Crippen LogP contribution >= 0.6 is 0 Å². The van der Waals surface area contributed by atoms with E-state index in [0.29, 0.717) is 6.42 Å². The summed E-state index contributed by atoms with van der Waals surface area (Å²) >= 11 is 0. The van der Waals surface area contributed by atoms with Crippen molar-refractivity contribution < 1.29 is 9.53 Å². The van der Waals surface area contributed by atoms with Crippen molar-refractivity contribution in [3.05, 3.63) is 12.2 Å². The van der Waals surface area contributed by atoms with Gasteiger partial charge in [-0.2, -0.15) is 0 Å². The summed E-state index contributed by atoms with van der Waals surface area (Å²) in [7, 11) is 1.43. The molecule has 0 saturated heterocycles. The molecule has 0 aromatic heterocycles. The third kappa shape index (κ3) is 7.32. The van der Waals surface area contributed by atoms with Gasteiger partial charge in [0.1, 0.15) is 0 Å². The predicted molar refractivity (Wildman–Crippen MR) is 49.9 cm³/mol. The molecule has 2 nitrogen and oxygen atoms in total. The lowest BCUT2D eigenvalue weighted by Crippen LogP contribution is -1.98. The van der Waals surface area contributed by atoms with Crippen LogP contribution in [-0.4, -0.2) is 13.1 Å². The number of unbranched alkanes of at least 4 members (excludes halogenated alkanes) is 2. The first-order chi connectivity index (χ1) is 5.81. The Kier molecular flexibility index (Phi) is 7.76. The number of carbonyl (C=O) groups is 1. The van der Waals surface area contributed by atoms with E-state index in [1.807, 2.05) is 0 Å². The van der Waals surface area contributed by atoms with E-state index in [1.54, 1.807) is 0 Å². The summed E-state index contributed by atoms with van der Waals surface area (Å²) in [6, 6.07) is 0. The van der Waals surface area contributed by atoms with Gasteiger partial charge in [0.25, 0.3) is 0 Å². The lowest BCUT2D eigenvalue weighted by Gasteiger charge is -1.95. The number of rotatable bonds is 6. The first kappa shape index (κ1) is 11.2. The van der Waals surface area contributed by atoms with Gasteiger partial charge in [-0.1, -0.05) is 25.5 Å². The van der Waals surface area contributed by atoms with Gasteiger partial charge in [-0.25, -0.2) is 0 Å². The molecule has 0 heterocycles. The summed E-state index contributed by atoms with van der Waals surface area (Å²) in [5, 5.41) is 0. The maximum absolute atomic E-state index is 10.7. The highest BCUT2D eigenvalue weighted by atomic mass is 16.5. The molecule has 2 heteroatoms. The first-order valence-electron chi connectivity index (χ1n) is 4.53. The summed E-state index contributed by atoms with van der Waals surface area (Å²) in [5.41, 5.74) is 0. The van der Waals surface area contributed by atoms with Gasteiger partial charge in [0, 0.05) is 6.42 Å². The van der Waals surface area contributed by atoms with Crippen molar-refractivity contribution in [3.8, 4) is 0 Å². The van der Waals surface area contributed by atoms with E-state index in [0.717, 1.165) is 19.3 Å². The fraction of sp³-hybridized carbons (Fsp3) is 0.700. The Bertz CT molecular complexity index is 139. The highest BCUT2D eigenvalue weighted by Crippen LogP contribution is 1.99. The molecule has 0 aliphatic rings. The van der Waals surface area contributed by atoms with Crippen molar-refractivity contribution in [1.29, 1.82) is 0 Å². The van der Waals surface area contributed by atoms with Crippen LogP contribution in [0.4, 0.5) is 0 Å². The maximum atomic E-state index is 10.7. The lowest BCUT2D eigenvalue weighted by atomic mass is 10.2. The summed E-state index contributed by atoms with van der Waals surface area (Å²) in [6.07, 6.45) is 9.03. The third-order valence-corrected chi connectivity index (χ3v) is 1.60. The summed E-state index contributed by atoms with van der Waals surface area (Å²) in [4.78, 5) is 10.7. The van der Waals surface area contributed by atoms with Gasteiger partial charge in [0.05, 0.1) is 7.11 Å². The van der Waals surface area contributed by atoms with Gasteiger partial charge in [-0.3, -0.25) is 4.79 Å². The van der Waals surface area contributed by atoms with E-state index in [-0.39, 0.29) is 5.97 Å². The molecule has 0 aliphatic carbocycles. The maximum Gasteiger partial charge on any atom is 0.305 e. The second kappa shape index (κ2) is 8.31. The second-order valence-electron chi connectivity index (χ2n) is 2.73. The topological polar surface area (TPSA) is 26.3 Å². The highest BCUT2D eigenvalue weighted by molar-refractivity contribution is 5.68. The Morgan fingerprint density at radius 1 is 1.33 bits per heavy atom. The van der Waals surface area contributed by atoms with Gasteiger partial charge >= 0.3 is 5.97 Å². The van der Waals surface area contributed by atoms with E-state index in [2.05, 4.69) is 23.8 Å². The standard InChI is InChI=1S/C10H18O2/c1-3-4-5-6-7-8-9-10(11)12-2/h5-6H,3-4,7-9H2,1-2H3. The molecule has 0 N–H and O–H groups in total. The smallest absolute Gasteiger partial charge is 0.305 e. The Labute approximate surface area is 74.6 Å². The zero-order chi connectivity index (χ0) is 9.23. The molecule has 0 saturated carbocycles. The minimum absolute atomic E-state index is 0.112. The molecule has 0 unspecified atom stereocenters. The van der Waals surface area contributed by atoms with E-state index in [9.17, 15) is 4.79 Å². The Hall–Kier alpha value is -0.790. The van der Waals surface area contributed by atoms with Crippen molar-refractivity contribution in [2.24, 2.45) is 0 Å². The van der Waals surface area contributed by atoms with E-state index < -0.39 is 0 Å². The monoisotopic (exact) mass is 170 g/mol. The molecule has 0 fully saturated rings. The third-order valence-electron chi connectivity index (χ3n) is 1.60. The molecule has 0 atom stereocenters. The second-order valence-corrected chi connectivity index (χ2v) is 2.73. The molecular weight excluding hydrogens is 152 g/mol. The van der Waals surface area contributed by atoms with Crippen LogP contribution in [0.5, 0.6) is 0 Å². The molecule has 0 aromatic carbocycles. The molecule has 0 radical (unpaired) electrons. The largest absolute Gasteiger partial charge is 0.469 e. The molecule has 0 aliphatic heterocycles. The van der Waals surface area contributed by atoms with Crippen molar-refractivity contribution in [1.82, 2.24) is 0 Å². The van der Waals surface area contributed by atoms with Gasteiger partial charge < -0.3 is 4.74 Å². The van der Waals surface area contributed by atoms with Crippen LogP contribution in [0.3, 0.4) is 0 Å². The number of carbonyl (C=O) groups excluding carboxylic acids is 1. The summed E-state index contributed by atoms with van der Waals surface area (Å²) in [6.45, 7) is 2.15. The number of esters is 1. The van der Waals surface area contributed by atoms with E-state index in [1.165, 1.54) is 13.5 Å². The SMILES string of the molecule is CCCC=CCCCC(=O)OC. The number of hydrogen-bond donors (Lipinski definition) is 0. The first-order valence-corrected chi connectivity index (χ1v) is 4.53. The average molecular weight is 170 g/mol.